The lowest BCUT2D eigenvalue weighted by Crippen LogP contribution is -2.41. The Kier molecular flexibility index (Phi) is 9.56. The van der Waals surface area contributed by atoms with Gasteiger partial charge >= 0.3 is 5.97 Å². The van der Waals surface area contributed by atoms with Crippen LogP contribution in [0.15, 0.2) is 30.4 Å². The Hall–Kier alpha value is -2.13. The van der Waals surface area contributed by atoms with Gasteiger partial charge in [0.2, 0.25) is 0 Å². The van der Waals surface area contributed by atoms with Crippen molar-refractivity contribution in [3.8, 4) is 5.75 Å². The zero-order valence-electron chi connectivity index (χ0n) is 24.6. The maximum Gasteiger partial charge on any atom is 0.342 e. The lowest BCUT2D eigenvalue weighted by molar-refractivity contribution is -0.145. The molecule has 38 heavy (non-hydrogen) atoms. The smallest absolute Gasteiger partial charge is 0.342 e. The molecule has 8 heteroatoms. The van der Waals surface area contributed by atoms with Crippen LogP contribution in [-0.2, 0) is 18.6 Å². The van der Waals surface area contributed by atoms with Crippen LogP contribution in [-0.4, -0.2) is 56.6 Å². The van der Waals surface area contributed by atoms with E-state index < -0.39 is 20.1 Å². The summed E-state index contributed by atoms with van der Waals surface area (Å²) in [4.78, 5) is 13.2. The summed E-state index contributed by atoms with van der Waals surface area (Å²) in [6.45, 7) is 20.0. The Balaban J connectivity index is 1.85. The van der Waals surface area contributed by atoms with E-state index in [0.29, 0.717) is 30.8 Å². The number of anilines is 1. The number of hydrogen-bond donors (Lipinski definition) is 2. The molecule has 1 aromatic rings. The molecule has 7 nitrogen and oxygen atoms in total. The molecule has 1 aromatic carbocycles. The molecular formula is C30H47NO6Si. The number of cyclic esters (lactones) is 1. The van der Waals surface area contributed by atoms with Gasteiger partial charge in [-0.25, -0.2) is 4.79 Å². The van der Waals surface area contributed by atoms with Crippen LogP contribution in [0.25, 0.3) is 6.08 Å². The summed E-state index contributed by atoms with van der Waals surface area (Å²) in [6, 6.07) is 3.44. The first-order chi connectivity index (χ1) is 17.6. The Morgan fingerprint density at radius 2 is 1.74 bits per heavy atom. The second-order valence-electron chi connectivity index (χ2n) is 12.5. The first-order valence-corrected chi connectivity index (χ1v) is 16.6. The van der Waals surface area contributed by atoms with Crippen molar-refractivity contribution < 1.29 is 28.5 Å². The van der Waals surface area contributed by atoms with Crippen LogP contribution in [0, 0.1) is 5.92 Å². The number of fused-ring (bicyclic) bond motifs is 2. The first-order valence-electron chi connectivity index (χ1n) is 13.7. The van der Waals surface area contributed by atoms with Gasteiger partial charge in [0.25, 0.3) is 0 Å². The molecule has 4 atom stereocenters. The molecule has 3 rings (SSSR count). The van der Waals surface area contributed by atoms with E-state index >= 15 is 0 Å². The minimum Gasteiger partial charge on any atom is -0.507 e. The highest BCUT2D eigenvalue weighted by Crippen LogP contribution is 2.37. The summed E-state index contributed by atoms with van der Waals surface area (Å²) >= 11 is 0. The van der Waals surface area contributed by atoms with Gasteiger partial charge in [-0.2, -0.15) is 0 Å². The van der Waals surface area contributed by atoms with Gasteiger partial charge < -0.3 is 29.1 Å². The van der Waals surface area contributed by atoms with Gasteiger partial charge in [0, 0.05) is 24.2 Å². The van der Waals surface area contributed by atoms with Crippen LogP contribution >= 0.6 is 0 Å². The number of carbonyl (C=O) groups is 1. The fourth-order valence-corrected chi connectivity index (χ4v) is 5.42. The number of rotatable bonds is 5. The second-order valence-corrected chi connectivity index (χ2v) is 17.3. The Morgan fingerprint density at radius 3 is 2.37 bits per heavy atom. The van der Waals surface area contributed by atoms with Crippen molar-refractivity contribution in [1.29, 1.82) is 0 Å². The number of phenolic OH excluding ortho intramolecular Hbond substituents is 1. The summed E-state index contributed by atoms with van der Waals surface area (Å²) < 4.78 is 24.3. The summed E-state index contributed by atoms with van der Waals surface area (Å²) in [7, 11) is -1.85. The van der Waals surface area contributed by atoms with E-state index in [0.717, 1.165) is 6.42 Å². The summed E-state index contributed by atoms with van der Waals surface area (Å²) in [5, 5.41) is 14.4. The van der Waals surface area contributed by atoms with E-state index in [1.54, 1.807) is 6.07 Å². The lowest BCUT2D eigenvalue weighted by atomic mass is 10.00. The van der Waals surface area contributed by atoms with Crippen molar-refractivity contribution in [2.75, 3.05) is 18.5 Å². The molecule has 2 aliphatic rings. The summed E-state index contributed by atoms with van der Waals surface area (Å²) in [5.74, 6) is -1.31. The third-order valence-corrected chi connectivity index (χ3v) is 12.4. The standard InChI is InChI=1S/C30H47NO6Si/c1-20-12-10-14-25-26(37-30(6,7)36-25)15-11-13-22-18-23(19-24(32)27(22)28(33)35-21(20)2)31-16-17-34-38(8,9)29(3,4)5/h10-13,18-21,25-26,31-32H,14-17H2,1-9H3/b12-10-,13-11+/t20-,21+,25-,26+/m1/s1. The Bertz CT molecular complexity index is 1040. The maximum absolute atomic E-state index is 13.2. The number of hydrogen-bond acceptors (Lipinski definition) is 7. The fourth-order valence-electron chi connectivity index (χ4n) is 4.38. The molecule has 0 bridgehead atoms. The third-order valence-electron chi connectivity index (χ3n) is 7.84. The van der Waals surface area contributed by atoms with Crippen molar-refractivity contribution in [2.45, 2.75) is 104 Å². The quantitative estimate of drug-likeness (QED) is 0.180. The molecule has 1 fully saturated rings. The third kappa shape index (κ3) is 7.71. The molecule has 0 spiro atoms. The van der Waals surface area contributed by atoms with E-state index in [1.807, 2.05) is 52.0 Å². The highest BCUT2D eigenvalue weighted by atomic mass is 28.4. The van der Waals surface area contributed by atoms with E-state index in [-0.39, 0.29) is 40.6 Å². The fraction of sp³-hybridized carbons (Fsp3) is 0.633. The SMILES string of the molecule is C[C@@H]1/C=C\C[C@H]2OC(C)(C)O[C@H]2C/C=C/c2cc(NCCO[Si](C)(C)C(C)(C)C)cc(O)c2C(=O)O[C@H]1C. The second kappa shape index (κ2) is 11.9. The molecule has 0 unspecified atom stereocenters. The Labute approximate surface area is 229 Å². The van der Waals surface area contributed by atoms with E-state index in [2.05, 4.69) is 45.3 Å². The first kappa shape index (κ1) is 30.4. The van der Waals surface area contributed by atoms with E-state index in [9.17, 15) is 9.90 Å². The zero-order valence-corrected chi connectivity index (χ0v) is 25.6. The van der Waals surface area contributed by atoms with E-state index in [4.69, 9.17) is 18.6 Å². The van der Waals surface area contributed by atoms with Gasteiger partial charge in [-0.3, -0.25) is 0 Å². The van der Waals surface area contributed by atoms with Crippen molar-refractivity contribution in [3.05, 3.63) is 41.5 Å². The maximum atomic E-state index is 13.2. The van der Waals surface area contributed by atoms with Crippen LogP contribution < -0.4 is 5.32 Å². The summed E-state index contributed by atoms with van der Waals surface area (Å²) in [6.07, 6.45) is 8.73. The number of aromatic hydroxyl groups is 1. The van der Waals surface area contributed by atoms with Gasteiger partial charge in [-0.1, -0.05) is 52.0 Å². The number of benzene rings is 1. The molecule has 0 radical (unpaired) electrons. The van der Waals surface area contributed by atoms with Crippen molar-refractivity contribution in [2.24, 2.45) is 5.92 Å². The predicted molar refractivity (Wildman–Crippen MR) is 155 cm³/mol. The number of esters is 1. The predicted octanol–water partition coefficient (Wildman–Crippen LogP) is 6.89. The number of phenols is 1. The van der Waals surface area contributed by atoms with Gasteiger partial charge in [0.05, 0.1) is 18.8 Å². The molecule has 0 amide bonds. The van der Waals surface area contributed by atoms with Gasteiger partial charge in [0.15, 0.2) is 14.1 Å². The molecular weight excluding hydrogens is 498 g/mol. The average molecular weight is 546 g/mol. The number of carbonyl (C=O) groups excluding carboxylic acids is 1. The number of ether oxygens (including phenoxy) is 3. The average Bonchev–Trinajstić information content (AvgIpc) is 3.08. The van der Waals surface area contributed by atoms with Crippen LogP contribution in [0.3, 0.4) is 0 Å². The molecule has 2 heterocycles. The lowest BCUT2D eigenvalue weighted by Gasteiger charge is -2.36. The van der Waals surface area contributed by atoms with Gasteiger partial charge in [0.1, 0.15) is 17.4 Å². The monoisotopic (exact) mass is 545 g/mol. The van der Waals surface area contributed by atoms with Crippen molar-refractivity contribution in [1.82, 2.24) is 0 Å². The number of nitrogens with one attached hydrogen (secondary N) is 1. The molecule has 0 saturated carbocycles. The zero-order chi connectivity index (χ0) is 28.3. The molecule has 1 saturated heterocycles. The largest absolute Gasteiger partial charge is 0.507 e. The van der Waals surface area contributed by atoms with Crippen LogP contribution in [0.5, 0.6) is 5.75 Å². The molecule has 212 valence electrons. The van der Waals surface area contributed by atoms with Crippen LogP contribution in [0.4, 0.5) is 5.69 Å². The van der Waals surface area contributed by atoms with Crippen LogP contribution in [0.1, 0.15) is 77.2 Å². The normalized spacial score (nSPS) is 28.0. The minimum atomic E-state index is -1.85. The molecule has 0 aliphatic carbocycles. The van der Waals surface area contributed by atoms with E-state index in [1.165, 1.54) is 0 Å². The van der Waals surface area contributed by atoms with Gasteiger partial charge in [-0.15, -0.1) is 0 Å². The highest BCUT2D eigenvalue weighted by molar-refractivity contribution is 6.74. The Morgan fingerprint density at radius 1 is 1.11 bits per heavy atom. The van der Waals surface area contributed by atoms with Gasteiger partial charge in [-0.05, 0) is 63.4 Å². The minimum absolute atomic E-state index is 0.00125. The van der Waals surface area contributed by atoms with Crippen molar-refractivity contribution in [3.63, 3.8) is 0 Å². The topological polar surface area (TPSA) is 86.3 Å². The highest BCUT2D eigenvalue weighted by Gasteiger charge is 2.40. The molecule has 0 aromatic heterocycles. The molecule has 2 aliphatic heterocycles. The van der Waals surface area contributed by atoms with Crippen LogP contribution in [0.2, 0.25) is 18.1 Å². The molecule has 2 N–H and O–H groups in total. The summed E-state index contributed by atoms with van der Waals surface area (Å²) in [5.41, 5.74) is 1.46. The van der Waals surface area contributed by atoms with Crippen molar-refractivity contribution >= 4 is 26.1 Å².